The Morgan fingerprint density at radius 2 is 1.90 bits per heavy atom. The van der Waals surface area contributed by atoms with Crippen LogP contribution in [0.2, 0.25) is 0 Å². The Hall–Kier alpha value is -0.440. The Kier molecular flexibility index (Phi) is 4.19. The summed E-state index contributed by atoms with van der Waals surface area (Å²) in [7, 11) is 1.77. The highest BCUT2D eigenvalue weighted by molar-refractivity contribution is 8.03. The van der Waals surface area contributed by atoms with Crippen molar-refractivity contribution in [3.8, 4) is 0 Å². The predicted octanol–water partition coefficient (Wildman–Crippen LogP) is 1.63. The highest BCUT2D eigenvalue weighted by Gasteiger charge is 2.00. The maximum Gasteiger partial charge on any atom is 0.0466 e. The second-order valence-corrected chi connectivity index (χ2v) is 2.84. The molecule has 0 aliphatic carbocycles. The number of aliphatic imine (C=N–C) groups is 1. The van der Waals surface area contributed by atoms with Gasteiger partial charge in [-0.2, -0.15) is 0 Å². The van der Waals surface area contributed by atoms with E-state index in [2.05, 4.69) is 4.99 Å². The molecule has 0 amide bonds. The van der Waals surface area contributed by atoms with Gasteiger partial charge in [-0.05, 0) is 20.1 Å². The number of nitrogens with two attached hydrogens (primary N) is 1. The lowest BCUT2D eigenvalue weighted by Crippen LogP contribution is -2.02. The van der Waals surface area contributed by atoms with Crippen LogP contribution in [-0.4, -0.2) is 19.0 Å². The average Bonchev–Trinajstić information content (AvgIpc) is 1.88. The number of allylic oxidation sites excluding steroid dienone is 2. The summed E-state index contributed by atoms with van der Waals surface area (Å²) in [6.45, 7) is 3.85. The van der Waals surface area contributed by atoms with Crippen LogP contribution in [-0.2, 0) is 0 Å². The van der Waals surface area contributed by atoms with Crippen molar-refractivity contribution < 1.29 is 0 Å². The van der Waals surface area contributed by atoms with Crippen molar-refractivity contribution >= 4 is 17.5 Å². The zero-order valence-corrected chi connectivity index (χ0v) is 7.75. The number of nitrogens with zero attached hydrogens (tertiary/aromatic N) is 1. The van der Waals surface area contributed by atoms with Gasteiger partial charge in [-0.15, -0.1) is 11.8 Å². The Labute approximate surface area is 66.6 Å². The summed E-state index contributed by atoms with van der Waals surface area (Å²) >= 11 is 1.63. The molecule has 0 aromatic heterocycles. The molecule has 0 spiro atoms. The third-order valence-corrected chi connectivity index (χ3v) is 2.25. The highest BCUT2D eigenvalue weighted by atomic mass is 32.2. The van der Waals surface area contributed by atoms with Crippen LogP contribution in [0.15, 0.2) is 15.6 Å². The van der Waals surface area contributed by atoms with Crippen LogP contribution in [0.25, 0.3) is 0 Å². The van der Waals surface area contributed by atoms with E-state index in [0.29, 0.717) is 0 Å². The third kappa shape index (κ3) is 2.43. The lowest BCUT2D eigenvalue weighted by molar-refractivity contribution is 1.30. The zero-order valence-electron chi connectivity index (χ0n) is 6.93. The molecule has 2 N–H and O–H groups in total. The second kappa shape index (κ2) is 4.39. The van der Waals surface area contributed by atoms with Gasteiger partial charge in [-0.25, -0.2) is 0 Å². The van der Waals surface area contributed by atoms with Crippen LogP contribution in [0, 0.1) is 0 Å². The summed E-state index contributed by atoms with van der Waals surface area (Å²) in [5.41, 5.74) is 7.45. The summed E-state index contributed by atoms with van der Waals surface area (Å²) in [5.74, 6) is 0. The van der Waals surface area contributed by atoms with Crippen molar-refractivity contribution in [1.29, 1.82) is 0 Å². The normalized spacial score (nSPS) is 15.0. The van der Waals surface area contributed by atoms with E-state index in [1.54, 1.807) is 18.8 Å². The van der Waals surface area contributed by atoms with Gasteiger partial charge < -0.3 is 5.73 Å². The number of hydrogen-bond donors (Lipinski definition) is 1. The largest absolute Gasteiger partial charge is 0.401 e. The number of rotatable bonds is 2. The minimum Gasteiger partial charge on any atom is -0.401 e. The molecular formula is C7H14N2S. The van der Waals surface area contributed by atoms with E-state index in [-0.39, 0.29) is 0 Å². The predicted molar refractivity (Wildman–Crippen MR) is 49.4 cm³/mol. The van der Waals surface area contributed by atoms with Gasteiger partial charge in [-0.1, -0.05) is 0 Å². The maximum atomic E-state index is 5.60. The van der Waals surface area contributed by atoms with Crippen LogP contribution < -0.4 is 5.73 Å². The standard InChI is InChI=1S/C7H14N2S/c1-5(8)7(10-4)6(2)9-3/h8H2,1-4H3. The Morgan fingerprint density at radius 3 is 2.00 bits per heavy atom. The first-order chi connectivity index (χ1) is 4.63. The van der Waals surface area contributed by atoms with Gasteiger partial charge in [0.15, 0.2) is 0 Å². The first-order valence-corrected chi connectivity index (χ1v) is 4.30. The van der Waals surface area contributed by atoms with Gasteiger partial charge in [0.1, 0.15) is 0 Å². The molecule has 0 aromatic carbocycles. The molecule has 0 rings (SSSR count). The van der Waals surface area contributed by atoms with Crippen LogP contribution in [0.3, 0.4) is 0 Å². The van der Waals surface area contributed by atoms with E-state index in [1.165, 1.54) is 0 Å². The molecule has 0 fully saturated rings. The first kappa shape index (κ1) is 9.56. The maximum absolute atomic E-state index is 5.60. The van der Waals surface area contributed by atoms with Crippen molar-refractivity contribution in [3.63, 3.8) is 0 Å². The number of thioether (sulfide) groups is 1. The molecule has 0 bridgehead atoms. The molecule has 0 radical (unpaired) electrons. The molecule has 0 aliphatic heterocycles. The Bertz CT molecular complexity index is 160. The smallest absolute Gasteiger partial charge is 0.0466 e. The van der Waals surface area contributed by atoms with E-state index < -0.39 is 0 Å². The molecule has 0 heterocycles. The lowest BCUT2D eigenvalue weighted by atomic mass is 10.3. The van der Waals surface area contributed by atoms with Crippen LogP contribution in [0.5, 0.6) is 0 Å². The van der Waals surface area contributed by atoms with Crippen molar-refractivity contribution in [1.82, 2.24) is 0 Å². The van der Waals surface area contributed by atoms with E-state index in [0.717, 1.165) is 16.3 Å². The highest BCUT2D eigenvalue weighted by Crippen LogP contribution is 2.15. The molecular weight excluding hydrogens is 144 g/mol. The fourth-order valence-electron chi connectivity index (χ4n) is 0.696. The summed E-state index contributed by atoms with van der Waals surface area (Å²) < 4.78 is 0. The monoisotopic (exact) mass is 158 g/mol. The molecule has 58 valence electrons. The lowest BCUT2D eigenvalue weighted by Gasteiger charge is -2.03. The molecule has 0 atom stereocenters. The first-order valence-electron chi connectivity index (χ1n) is 3.07. The molecule has 0 saturated heterocycles. The molecule has 0 aromatic rings. The van der Waals surface area contributed by atoms with Crippen LogP contribution in [0.4, 0.5) is 0 Å². The minimum absolute atomic E-state index is 0.843. The third-order valence-electron chi connectivity index (χ3n) is 1.23. The number of hydrogen-bond acceptors (Lipinski definition) is 3. The van der Waals surface area contributed by atoms with Crippen molar-refractivity contribution in [2.45, 2.75) is 13.8 Å². The summed E-state index contributed by atoms with van der Waals surface area (Å²) in [6.07, 6.45) is 2.00. The van der Waals surface area contributed by atoms with Gasteiger partial charge in [-0.3, -0.25) is 4.99 Å². The molecule has 0 unspecified atom stereocenters. The van der Waals surface area contributed by atoms with Gasteiger partial charge in [0.2, 0.25) is 0 Å². The topological polar surface area (TPSA) is 38.4 Å². The van der Waals surface area contributed by atoms with E-state index in [4.69, 9.17) is 5.73 Å². The average molecular weight is 158 g/mol. The molecule has 0 aliphatic rings. The summed E-state index contributed by atoms with van der Waals surface area (Å²) in [6, 6.07) is 0. The van der Waals surface area contributed by atoms with Crippen molar-refractivity contribution in [2.75, 3.05) is 13.3 Å². The summed E-state index contributed by atoms with van der Waals surface area (Å²) in [4.78, 5) is 5.12. The van der Waals surface area contributed by atoms with Gasteiger partial charge in [0.05, 0.1) is 0 Å². The van der Waals surface area contributed by atoms with Crippen LogP contribution in [0.1, 0.15) is 13.8 Å². The van der Waals surface area contributed by atoms with Gasteiger partial charge in [0, 0.05) is 23.4 Å². The van der Waals surface area contributed by atoms with Crippen molar-refractivity contribution in [3.05, 3.63) is 10.6 Å². The summed E-state index contributed by atoms with van der Waals surface area (Å²) in [5, 5.41) is 0. The quantitative estimate of drug-likeness (QED) is 0.620. The molecule has 3 heteroatoms. The SMILES string of the molecule is CN=C(C)C(SC)=C(C)N. The molecule has 2 nitrogen and oxygen atoms in total. The van der Waals surface area contributed by atoms with Gasteiger partial charge >= 0.3 is 0 Å². The fraction of sp³-hybridized carbons (Fsp3) is 0.571. The van der Waals surface area contributed by atoms with Gasteiger partial charge in [0.25, 0.3) is 0 Å². The van der Waals surface area contributed by atoms with E-state index >= 15 is 0 Å². The van der Waals surface area contributed by atoms with E-state index in [1.807, 2.05) is 20.1 Å². The zero-order chi connectivity index (χ0) is 8.15. The molecule has 0 saturated carbocycles. The minimum atomic E-state index is 0.843. The van der Waals surface area contributed by atoms with Crippen molar-refractivity contribution in [2.24, 2.45) is 10.7 Å². The Balaban J connectivity index is 4.54. The molecule has 10 heavy (non-hydrogen) atoms. The second-order valence-electron chi connectivity index (χ2n) is 2.03. The fourth-order valence-corrected chi connectivity index (χ4v) is 1.40. The van der Waals surface area contributed by atoms with E-state index in [9.17, 15) is 0 Å². The van der Waals surface area contributed by atoms with Crippen LogP contribution >= 0.6 is 11.8 Å². The Morgan fingerprint density at radius 1 is 1.40 bits per heavy atom.